The Balaban J connectivity index is 1.67. The molecule has 0 saturated carbocycles. The van der Waals surface area contributed by atoms with E-state index in [1.165, 1.54) is 0 Å². The summed E-state index contributed by atoms with van der Waals surface area (Å²) in [6.45, 7) is 6.77. The molecule has 1 aromatic carbocycles. The molecule has 0 radical (unpaired) electrons. The Morgan fingerprint density at radius 1 is 1.15 bits per heavy atom. The second-order valence-electron chi connectivity index (χ2n) is 6.88. The standard InChI is InChI=1S/C18H21N9/c1-4-26-11-13(9-21-26)22-17-20-10-15-16(23-17)27(25-24-15)14-7-5-12(6-8-14)18(2,3)19/h5-11H,4,19H2,1-3H3,(H,20,22,23). The molecule has 3 aromatic heterocycles. The largest absolute Gasteiger partial charge is 0.322 e. The van der Waals surface area contributed by atoms with Crippen LogP contribution in [0.5, 0.6) is 0 Å². The van der Waals surface area contributed by atoms with E-state index in [0.29, 0.717) is 17.1 Å². The highest BCUT2D eigenvalue weighted by molar-refractivity contribution is 5.72. The molecule has 3 N–H and O–H groups in total. The predicted octanol–water partition coefficient (Wildman–Crippen LogP) is 2.36. The van der Waals surface area contributed by atoms with Crippen LogP contribution in [0.1, 0.15) is 26.3 Å². The Kier molecular flexibility index (Phi) is 4.08. The Morgan fingerprint density at radius 3 is 2.59 bits per heavy atom. The summed E-state index contributed by atoms with van der Waals surface area (Å²) in [5.74, 6) is 0.460. The molecular weight excluding hydrogens is 342 g/mol. The fourth-order valence-electron chi connectivity index (χ4n) is 2.72. The van der Waals surface area contributed by atoms with Crippen LogP contribution in [0.3, 0.4) is 0 Å². The van der Waals surface area contributed by atoms with Crippen molar-refractivity contribution in [3.63, 3.8) is 0 Å². The van der Waals surface area contributed by atoms with Crippen LogP contribution in [-0.2, 0) is 12.1 Å². The van der Waals surface area contributed by atoms with Gasteiger partial charge in [0.2, 0.25) is 5.95 Å². The number of aryl methyl sites for hydroxylation is 1. The third kappa shape index (κ3) is 3.36. The lowest BCUT2D eigenvalue weighted by atomic mass is 9.96. The number of rotatable bonds is 5. The number of nitrogens with one attached hydrogen (secondary N) is 1. The Bertz CT molecular complexity index is 1070. The van der Waals surface area contributed by atoms with Gasteiger partial charge in [0, 0.05) is 18.3 Å². The van der Waals surface area contributed by atoms with Gasteiger partial charge in [0.25, 0.3) is 0 Å². The van der Waals surface area contributed by atoms with Crippen LogP contribution in [0.15, 0.2) is 42.9 Å². The van der Waals surface area contributed by atoms with Gasteiger partial charge in [-0.2, -0.15) is 14.8 Å². The zero-order valence-electron chi connectivity index (χ0n) is 15.5. The maximum atomic E-state index is 6.15. The van der Waals surface area contributed by atoms with Crippen molar-refractivity contribution in [2.45, 2.75) is 32.9 Å². The van der Waals surface area contributed by atoms with Crippen LogP contribution in [0.4, 0.5) is 11.6 Å². The molecule has 27 heavy (non-hydrogen) atoms. The number of anilines is 2. The van der Waals surface area contributed by atoms with E-state index in [1.54, 1.807) is 17.1 Å². The van der Waals surface area contributed by atoms with Gasteiger partial charge in [-0.3, -0.25) is 4.68 Å². The van der Waals surface area contributed by atoms with E-state index in [9.17, 15) is 0 Å². The second kappa shape index (κ2) is 6.44. The van der Waals surface area contributed by atoms with Crippen molar-refractivity contribution in [2.24, 2.45) is 5.73 Å². The van der Waals surface area contributed by atoms with Gasteiger partial charge in [0.05, 0.1) is 23.8 Å². The van der Waals surface area contributed by atoms with E-state index in [1.807, 2.05) is 55.9 Å². The fraction of sp³-hybridized carbons (Fsp3) is 0.278. The monoisotopic (exact) mass is 363 g/mol. The van der Waals surface area contributed by atoms with Crippen LogP contribution in [0.25, 0.3) is 16.9 Å². The number of nitrogens with two attached hydrogens (primary N) is 1. The fourth-order valence-corrected chi connectivity index (χ4v) is 2.72. The third-order valence-electron chi connectivity index (χ3n) is 4.26. The SMILES string of the molecule is CCn1cc(Nc2ncc3nnn(-c4ccc(C(C)(C)N)cc4)c3n2)cn1. The van der Waals surface area contributed by atoms with E-state index < -0.39 is 5.54 Å². The lowest BCUT2D eigenvalue weighted by Gasteiger charge is -2.19. The summed E-state index contributed by atoms with van der Waals surface area (Å²) in [6.07, 6.45) is 5.28. The second-order valence-corrected chi connectivity index (χ2v) is 6.88. The van der Waals surface area contributed by atoms with Crippen molar-refractivity contribution in [3.8, 4) is 5.69 Å². The molecule has 4 aromatic rings. The van der Waals surface area contributed by atoms with Crippen molar-refractivity contribution in [1.82, 2.24) is 34.7 Å². The maximum absolute atomic E-state index is 6.15. The zero-order chi connectivity index (χ0) is 19.0. The molecular formula is C18H21N9. The number of hydrogen-bond acceptors (Lipinski definition) is 7. The van der Waals surface area contributed by atoms with Crippen LogP contribution >= 0.6 is 0 Å². The van der Waals surface area contributed by atoms with Crippen molar-refractivity contribution in [1.29, 1.82) is 0 Å². The van der Waals surface area contributed by atoms with Gasteiger partial charge in [0.15, 0.2) is 11.2 Å². The van der Waals surface area contributed by atoms with Crippen molar-refractivity contribution in [2.75, 3.05) is 5.32 Å². The Morgan fingerprint density at radius 2 is 1.93 bits per heavy atom. The first-order valence-corrected chi connectivity index (χ1v) is 8.72. The number of fused-ring (bicyclic) bond motifs is 1. The summed E-state index contributed by atoms with van der Waals surface area (Å²) < 4.78 is 3.51. The molecule has 3 heterocycles. The van der Waals surface area contributed by atoms with E-state index in [0.717, 1.165) is 23.5 Å². The molecule has 0 unspecified atom stereocenters. The molecule has 0 fully saturated rings. The van der Waals surface area contributed by atoms with Gasteiger partial charge in [0.1, 0.15) is 0 Å². The molecule has 9 nitrogen and oxygen atoms in total. The molecule has 9 heteroatoms. The molecule has 0 aliphatic heterocycles. The van der Waals surface area contributed by atoms with E-state index >= 15 is 0 Å². The molecule has 0 spiro atoms. The molecule has 0 aliphatic rings. The van der Waals surface area contributed by atoms with Crippen molar-refractivity contribution < 1.29 is 0 Å². The minimum absolute atomic E-state index is 0.398. The molecule has 138 valence electrons. The lowest BCUT2D eigenvalue weighted by molar-refractivity contribution is 0.554. The Hall–Kier alpha value is -3.33. The summed E-state index contributed by atoms with van der Waals surface area (Å²) in [6, 6.07) is 7.89. The van der Waals surface area contributed by atoms with Gasteiger partial charge >= 0.3 is 0 Å². The molecule has 0 bridgehead atoms. The van der Waals surface area contributed by atoms with Gasteiger partial charge < -0.3 is 11.1 Å². The predicted molar refractivity (Wildman–Crippen MR) is 103 cm³/mol. The van der Waals surface area contributed by atoms with Gasteiger partial charge in [-0.25, -0.2) is 4.98 Å². The summed E-state index contributed by atoms with van der Waals surface area (Å²) in [4.78, 5) is 8.87. The number of hydrogen-bond donors (Lipinski definition) is 2. The topological polar surface area (TPSA) is 112 Å². The van der Waals surface area contributed by atoms with Crippen LogP contribution in [0.2, 0.25) is 0 Å². The first kappa shape index (κ1) is 17.1. The minimum Gasteiger partial charge on any atom is -0.322 e. The van der Waals surface area contributed by atoms with Crippen LogP contribution < -0.4 is 11.1 Å². The third-order valence-corrected chi connectivity index (χ3v) is 4.26. The highest BCUT2D eigenvalue weighted by atomic mass is 15.4. The van der Waals surface area contributed by atoms with E-state index in [4.69, 9.17) is 5.73 Å². The summed E-state index contributed by atoms with van der Waals surface area (Å²) in [5.41, 5.74) is 9.71. The zero-order valence-corrected chi connectivity index (χ0v) is 15.5. The summed E-state index contributed by atoms with van der Waals surface area (Å²) >= 11 is 0. The van der Waals surface area contributed by atoms with E-state index in [-0.39, 0.29) is 0 Å². The highest BCUT2D eigenvalue weighted by Crippen LogP contribution is 2.21. The molecule has 0 aliphatic carbocycles. The van der Waals surface area contributed by atoms with Crippen molar-refractivity contribution in [3.05, 3.63) is 48.4 Å². The van der Waals surface area contributed by atoms with Gasteiger partial charge in [-0.15, -0.1) is 5.10 Å². The van der Waals surface area contributed by atoms with Gasteiger partial charge in [-0.1, -0.05) is 17.3 Å². The first-order valence-electron chi connectivity index (χ1n) is 8.72. The lowest BCUT2D eigenvalue weighted by Crippen LogP contribution is -2.28. The Labute approximate surface area is 156 Å². The molecule has 4 rings (SSSR count). The van der Waals surface area contributed by atoms with E-state index in [2.05, 4.69) is 30.7 Å². The molecule has 0 amide bonds. The first-order chi connectivity index (χ1) is 12.9. The smallest absolute Gasteiger partial charge is 0.229 e. The number of nitrogens with zero attached hydrogens (tertiary/aromatic N) is 7. The van der Waals surface area contributed by atoms with Crippen LogP contribution in [0, 0.1) is 0 Å². The average Bonchev–Trinajstić information content (AvgIpc) is 3.27. The van der Waals surface area contributed by atoms with Crippen LogP contribution in [-0.4, -0.2) is 34.7 Å². The molecule has 0 atom stereocenters. The van der Waals surface area contributed by atoms with Crippen molar-refractivity contribution >= 4 is 22.8 Å². The quantitative estimate of drug-likeness (QED) is 0.560. The summed E-state index contributed by atoms with van der Waals surface area (Å²) in [5, 5.41) is 15.8. The average molecular weight is 363 g/mol. The minimum atomic E-state index is -0.398. The normalized spacial score (nSPS) is 11.9. The highest BCUT2D eigenvalue weighted by Gasteiger charge is 2.15. The number of benzene rings is 1. The molecule has 0 saturated heterocycles. The summed E-state index contributed by atoms with van der Waals surface area (Å²) in [7, 11) is 0. The maximum Gasteiger partial charge on any atom is 0.229 e. The van der Waals surface area contributed by atoms with Gasteiger partial charge in [-0.05, 0) is 38.5 Å². The number of aromatic nitrogens is 7.